The number of nitriles is 1. The zero-order valence-electron chi connectivity index (χ0n) is 15.5. The molecule has 3 aromatic carbocycles. The van der Waals surface area contributed by atoms with Gasteiger partial charge in [-0.1, -0.05) is 78.9 Å². The molecule has 0 N–H and O–H groups in total. The molecule has 0 aliphatic carbocycles. The third-order valence-electron chi connectivity index (χ3n) is 4.74. The first kappa shape index (κ1) is 17.8. The van der Waals surface area contributed by atoms with E-state index in [0.29, 0.717) is 18.1 Å². The average molecular weight is 364 g/mol. The molecule has 3 aromatic rings. The minimum atomic E-state index is 0.133. The second-order valence-electron chi connectivity index (χ2n) is 6.71. The Balaban J connectivity index is 1.57. The van der Waals surface area contributed by atoms with Gasteiger partial charge >= 0.3 is 0 Å². The van der Waals surface area contributed by atoms with Crippen molar-refractivity contribution in [2.45, 2.75) is 12.5 Å². The summed E-state index contributed by atoms with van der Waals surface area (Å²) in [6.45, 7) is 0.597. The minimum Gasteiger partial charge on any atom is -0.475 e. The van der Waals surface area contributed by atoms with Crippen LogP contribution in [0.3, 0.4) is 0 Å². The molecule has 0 amide bonds. The predicted molar refractivity (Wildman–Crippen MR) is 113 cm³/mol. The zero-order chi connectivity index (χ0) is 19.2. The van der Waals surface area contributed by atoms with Crippen LogP contribution in [-0.4, -0.2) is 18.5 Å². The summed E-state index contributed by atoms with van der Waals surface area (Å²) in [7, 11) is 0. The van der Waals surface area contributed by atoms with E-state index in [1.165, 1.54) is 5.56 Å². The van der Waals surface area contributed by atoms with E-state index >= 15 is 0 Å². The Morgan fingerprint density at radius 1 is 0.893 bits per heavy atom. The van der Waals surface area contributed by atoms with Crippen LogP contribution in [0.1, 0.15) is 27.8 Å². The molecular weight excluding hydrogens is 344 g/mol. The van der Waals surface area contributed by atoms with Gasteiger partial charge in [-0.3, -0.25) is 0 Å². The van der Waals surface area contributed by atoms with Gasteiger partial charge in [0.25, 0.3) is 0 Å². The number of hydrogen-bond donors (Lipinski definition) is 0. The first-order valence-electron chi connectivity index (χ1n) is 9.34. The molecule has 0 radical (unpaired) electrons. The summed E-state index contributed by atoms with van der Waals surface area (Å²) in [5.74, 6) is 0.690. The number of ether oxygens (including phenoxy) is 1. The molecule has 0 unspecified atom stereocenters. The maximum Gasteiger partial charge on any atom is 0.217 e. The standard InChI is InChI=1S/C25H20N2O/c26-17-22-12-5-4-10-20(22)14-15-21-11-6-7-13-24(21)25-27-23(18-28-25)16-19-8-2-1-3-9-19/h1-15,23H,16,18H2/b15-14+/t23-/m0/s1. The van der Waals surface area contributed by atoms with Gasteiger partial charge in [0.2, 0.25) is 5.90 Å². The van der Waals surface area contributed by atoms with Crippen LogP contribution in [0.5, 0.6) is 0 Å². The van der Waals surface area contributed by atoms with Crippen molar-refractivity contribution in [3.8, 4) is 6.07 Å². The van der Waals surface area contributed by atoms with Gasteiger partial charge in [0, 0.05) is 5.56 Å². The SMILES string of the molecule is N#Cc1ccccc1/C=C/c1ccccc1C1=N[C@@H](Cc2ccccc2)CO1. The van der Waals surface area contributed by atoms with Gasteiger partial charge in [-0.15, -0.1) is 0 Å². The van der Waals surface area contributed by atoms with Gasteiger partial charge in [0.15, 0.2) is 0 Å². The predicted octanol–water partition coefficient (Wildman–Crippen LogP) is 5.12. The van der Waals surface area contributed by atoms with E-state index < -0.39 is 0 Å². The molecule has 0 saturated heterocycles. The Hall–Kier alpha value is -3.64. The van der Waals surface area contributed by atoms with Gasteiger partial charge in [0.1, 0.15) is 6.61 Å². The normalized spacial score (nSPS) is 15.8. The second-order valence-corrected chi connectivity index (χ2v) is 6.71. The molecule has 1 aliphatic rings. The largest absolute Gasteiger partial charge is 0.475 e. The fraction of sp³-hybridized carbons (Fsp3) is 0.120. The van der Waals surface area contributed by atoms with Crippen LogP contribution in [-0.2, 0) is 11.2 Å². The van der Waals surface area contributed by atoms with Gasteiger partial charge < -0.3 is 4.74 Å². The summed E-state index contributed by atoms with van der Waals surface area (Å²) in [5, 5.41) is 9.27. The van der Waals surface area contributed by atoms with E-state index in [2.05, 4.69) is 30.3 Å². The number of rotatable bonds is 5. The van der Waals surface area contributed by atoms with Crippen molar-refractivity contribution < 1.29 is 4.74 Å². The molecular formula is C25H20N2O. The molecule has 28 heavy (non-hydrogen) atoms. The molecule has 1 aliphatic heterocycles. The maximum atomic E-state index is 9.27. The Morgan fingerprint density at radius 3 is 2.39 bits per heavy atom. The quantitative estimate of drug-likeness (QED) is 0.590. The van der Waals surface area contributed by atoms with Crippen molar-refractivity contribution >= 4 is 18.0 Å². The topological polar surface area (TPSA) is 45.4 Å². The van der Waals surface area contributed by atoms with Crippen LogP contribution in [0, 0.1) is 11.3 Å². The van der Waals surface area contributed by atoms with Gasteiger partial charge in [-0.2, -0.15) is 5.26 Å². The van der Waals surface area contributed by atoms with Crippen molar-refractivity contribution in [1.82, 2.24) is 0 Å². The van der Waals surface area contributed by atoms with Crippen LogP contribution < -0.4 is 0 Å². The van der Waals surface area contributed by atoms with Crippen molar-refractivity contribution in [2.75, 3.05) is 6.61 Å². The molecule has 0 spiro atoms. The minimum absolute atomic E-state index is 0.133. The highest BCUT2D eigenvalue weighted by atomic mass is 16.5. The van der Waals surface area contributed by atoms with Crippen molar-refractivity contribution in [2.24, 2.45) is 4.99 Å². The van der Waals surface area contributed by atoms with Crippen molar-refractivity contribution in [3.05, 3.63) is 107 Å². The van der Waals surface area contributed by atoms with E-state index in [9.17, 15) is 5.26 Å². The van der Waals surface area contributed by atoms with E-state index in [1.54, 1.807) is 0 Å². The molecule has 0 bridgehead atoms. The van der Waals surface area contributed by atoms with Crippen molar-refractivity contribution in [1.29, 1.82) is 5.26 Å². The molecule has 0 fully saturated rings. The zero-order valence-corrected chi connectivity index (χ0v) is 15.5. The summed E-state index contributed by atoms with van der Waals surface area (Å²) in [6.07, 6.45) is 4.86. The van der Waals surface area contributed by atoms with E-state index in [4.69, 9.17) is 9.73 Å². The lowest BCUT2D eigenvalue weighted by Gasteiger charge is -2.06. The third kappa shape index (κ3) is 4.02. The van der Waals surface area contributed by atoms with E-state index in [1.807, 2.05) is 66.7 Å². The molecule has 0 aromatic heterocycles. The van der Waals surface area contributed by atoms with Crippen LogP contribution in [0.2, 0.25) is 0 Å². The molecule has 3 nitrogen and oxygen atoms in total. The molecule has 1 atom stereocenters. The monoisotopic (exact) mass is 364 g/mol. The van der Waals surface area contributed by atoms with E-state index in [-0.39, 0.29) is 6.04 Å². The Morgan fingerprint density at radius 2 is 1.57 bits per heavy atom. The van der Waals surface area contributed by atoms with Crippen LogP contribution in [0.15, 0.2) is 83.9 Å². The Bertz CT molecular complexity index is 1060. The number of hydrogen-bond acceptors (Lipinski definition) is 3. The van der Waals surface area contributed by atoms with Gasteiger partial charge in [0.05, 0.1) is 17.7 Å². The average Bonchev–Trinajstić information content (AvgIpc) is 3.21. The van der Waals surface area contributed by atoms with E-state index in [0.717, 1.165) is 23.1 Å². The van der Waals surface area contributed by atoms with Gasteiger partial charge in [-0.05, 0) is 35.2 Å². The first-order valence-corrected chi connectivity index (χ1v) is 9.34. The highest BCUT2D eigenvalue weighted by Gasteiger charge is 2.21. The van der Waals surface area contributed by atoms with Crippen molar-refractivity contribution in [3.63, 3.8) is 0 Å². The third-order valence-corrected chi connectivity index (χ3v) is 4.74. The number of benzene rings is 3. The Kier molecular flexibility index (Phi) is 5.31. The van der Waals surface area contributed by atoms with Crippen LogP contribution in [0.25, 0.3) is 12.2 Å². The second kappa shape index (κ2) is 8.37. The van der Waals surface area contributed by atoms with Gasteiger partial charge in [-0.25, -0.2) is 4.99 Å². The summed E-state index contributed by atoms with van der Waals surface area (Å²) < 4.78 is 5.93. The lowest BCUT2D eigenvalue weighted by atomic mass is 10.0. The van der Waals surface area contributed by atoms with Crippen LogP contribution >= 0.6 is 0 Å². The number of nitrogens with zero attached hydrogens (tertiary/aromatic N) is 2. The fourth-order valence-electron chi connectivity index (χ4n) is 3.31. The fourth-order valence-corrected chi connectivity index (χ4v) is 3.31. The molecule has 1 heterocycles. The molecule has 136 valence electrons. The summed E-state index contributed by atoms with van der Waals surface area (Å²) in [6, 6.07) is 28.4. The summed E-state index contributed by atoms with van der Waals surface area (Å²) >= 11 is 0. The number of aliphatic imine (C=N–C) groups is 1. The highest BCUT2D eigenvalue weighted by Crippen LogP contribution is 2.21. The molecule has 0 saturated carbocycles. The maximum absolute atomic E-state index is 9.27. The Labute approximate surface area is 165 Å². The smallest absolute Gasteiger partial charge is 0.217 e. The first-order chi connectivity index (χ1) is 13.8. The summed E-state index contributed by atoms with van der Waals surface area (Å²) in [5.41, 5.74) is 4.82. The van der Waals surface area contributed by atoms with Crippen LogP contribution in [0.4, 0.5) is 0 Å². The lowest BCUT2D eigenvalue weighted by molar-refractivity contribution is 0.317. The summed E-state index contributed by atoms with van der Waals surface area (Å²) in [4.78, 5) is 4.81. The molecule has 4 rings (SSSR count). The highest BCUT2D eigenvalue weighted by molar-refractivity contribution is 5.99. The molecule has 3 heteroatoms. The lowest BCUT2D eigenvalue weighted by Crippen LogP contribution is -2.09.